The average molecular weight is 232 g/mol. The van der Waals surface area contributed by atoms with Gasteiger partial charge in [0.15, 0.2) is 5.78 Å². The molecule has 88 valence electrons. The van der Waals surface area contributed by atoms with Gasteiger partial charge in [0, 0.05) is 24.3 Å². The molecule has 0 amide bonds. The molecule has 1 unspecified atom stereocenters. The maximum atomic E-state index is 13.2. The van der Waals surface area contributed by atoms with Gasteiger partial charge in [0.2, 0.25) is 0 Å². The first kappa shape index (κ1) is 10.5. The van der Waals surface area contributed by atoms with Crippen LogP contribution in [0.3, 0.4) is 0 Å². The Bertz CT molecular complexity index is 505. The molecule has 2 aliphatic rings. The molecule has 0 N–H and O–H groups in total. The number of ketones is 1. The number of carbonyl (C=O) groups excluding carboxylic acids is 1. The Morgan fingerprint density at radius 2 is 2.18 bits per heavy atom. The van der Waals surface area contributed by atoms with E-state index in [1.165, 1.54) is 12.1 Å². The Morgan fingerprint density at radius 1 is 1.29 bits per heavy atom. The van der Waals surface area contributed by atoms with Crippen LogP contribution in [-0.4, -0.2) is 12.4 Å². The number of ether oxygens (including phenoxy) is 1. The molecule has 0 saturated carbocycles. The van der Waals surface area contributed by atoms with E-state index in [0.29, 0.717) is 19.4 Å². The summed E-state index contributed by atoms with van der Waals surface area (Å²) >= 11 is 0. The van der Waals surface area contributed by atoms with Crippen molar-refractivity contribution >= 4 is 5.78 Å². The minimum atomic E-state index is -0.237. The summed E-state index contributed by atoms with van der Waals surface area (Å²) in [5.74, 6) is 0.803. The van der Waals surface area contributed by atoms with Crippen molar-refractivity contribution in [1.82, 2.24) is 0 Å². The zero-order chi connectivity index (χ0) is 11.8. The molecule has 3 rings (SSSR count). The van der Waals surface area contributed by atoms with Gasteiger partial charge >= 0.3 is 0 Å². The van der Waals surface area contributed by atoms with E-state index in [1.54, 1.807) is 6.07 Å². The van der Waals surface area contributed by atoms with Crippen LogP contribution < -0.4 is 0 Å². The Balaban J connectivity index is 2.01. The maximum Gasteiger partial charge on any atom is 0.162 e. The van der Waals surface area contributed by atoms with Crippen molar-refractivity contribution in [3.8, 4) is 0 Å². The molecule has 1 atom stereocenters. The van der Waals surface area contributed by atoms with Crippen LogP contribution in [0.15, 0.2) is 35.6 Å². The van der Waals surface area contributed by atoms with Crippen LogP contribution in [0.1, 0.15) is 30.7 Å². The quantitative estimate of drug-likeness (QED) is 0.744. The molecule has 0 bridgehead atoms. The molecule has 2 nitrogen and oxygen atoms in total. The van der Waals surface area contributed by atoms with Crippen molar-refractivity contribution < 1.29 is 13.9 Å². The van der Waals surface area contributed by atoms with Crippen LogP contribution in [-0.2, 0) is 9.53 Å². The van der Waals surface area contributed by atoms with Crippen molar-refractivity contribution in [1.29, 1.82) is 0 Å². The first-order valence-electron chi connectivity index (χ1n) is 5.90. The van der Waals surface area contributed by atoms with E-state index in [2.05, 4.69) is 0 Å². The van der Waals surface area contributed by atoms with E-state index < -0.39 is 0 Å². The van der Waals surface area contributed by atoms with E-state index in [-0.39, 0.29) is 17.5 Å². The third-order valence-corrected chi connectivity index (χ3v) is 3.47. The fourth-order valence-electron chi connectivity index (χ4n) is 2.66. The molecule has 1 aromatic rings. The highest BCUT2D eigenvalue weighted by molar-refractivity contribution is 5.97. The van der Waals surface area contributed by atoms with Crippen molar-refractivity contribution in [3.05, 3.63) is 47.0 Å². The summed E-state index contributed by atoms with van der Waals surface area (Å²) in [4.78, 5) is 11.7. The monoisotopic (exact) mass is 232 g/mol. The Hall–Kier alpha value is -1.64. The lowest BCUT2D eigenvalue weighted by atomic mass is 9.83. The van der Waals surface area contributed by atoms with Gasteiger partial charge in [0.05, 0.1) is 6.61 Å². The molecule has 17 heavy (non-hydrogen) atoms. The smallest absolute Gasteiger partial charge is 0.162 e. The number of allylic oxidation sites excluding steroid dienone is 1. The average Bonchev–Trinajstić information content (AvgIpc) is 2.79. The molecular formula is C14H13FO2. The number of carbonyl (C=O) groups is 1. The van der Waals surface area contributed by atoms with Gasteiger partial charge < -0.3 is 4.74 Å². The summed E-state index contributed by atoms with van der Waals surface area (Å²) in [6, 6.07) is 6.57. The van der Waals surface area contributed by atoms with Crippen LogP contribution in [0, 0.1) is 5.82 Å². The minimum Gasteiger partial charge on any atom is -0.497 e. The van der Waals surface area contributed by atoms with E-state index in [0.717, 1.165) is 23.3 Å². The topological polar surface area (TPSA) is 26.3 Å². The summed E-state index contributed by atoms with van der Waals surface area (Å²) in [6.45, 7) is 0.586. The standard InChI is InChI=1S/C14H13FO2/c15-10-3-1-2-9(8-10)11-4-5-13(16)12-6-7-17-14(11)12/h1-3,8,11H,4-7H2. The molecule has 0 radical (unpaired) electrons. The van der Waals surface area contributed by atoms with Gasteiger partial charge in [-0.2, -0.15) is 0 Å². The van der Waals surface area contributed by atoms with Gasteiger partial charge in [-0.1, -0.05) is 12.1 Å². The van der Waals surface area contributed by atoms with Crippen molar-refractivity contribution in [2.24, 2.45) is 0 Å². The second-order valence-corrected chi connectivity index (χ2v) is 4.51. The predicted molar refractivity (Wildman–Crippen MR) is 61.0 cm³/mol. The summed E-state index contributed by atoms with van der Waals surface area (Å²) in [7, 11) is 0. The molecule has 0 saturated heterocycles. The first-order valence-corrected chi connectivity index (χ1v) is 5.90. The van der Waals surface area contributed by atoms with Crippen LogP contribution in [0.5, 0.6) is 0 Å². The number of halogens is 1. The van der Waals surface area contributed by atoms with Crippen molar-refractivity contribution in [3.63, 3.8) is 0 Å². The molecular weight excluding hydrogens is 219 g/mol. The van der Waals surface area contributed by atoms with E-state index in [4.69, 9.17) is 4.74 Å². The van der Waals surface area contributed by atoms with E-state index in [9.17, 15) is 9.18 Å². The normalized spacial score (nSPS) is 23.6. The highest BCUT2D eigenvalue weighted by atomic mass is 19.1. The number of hydrogen-bond donors (Lipinski definition) is 0. The molecule has 0 spiro atoms. The molecule has 1 heterocycles. The highest BCUT2D eigenvalue weighted by Gasteiger charge is 2.34. The Morgan fingerprint density at radius 3 is 3.00 bits per heavy atom. The third kappa shape index (κ3) is 1.75. The second-order valence-electron chi connectivity index (χ2n) is 4.51. The second kappa shape index (κ2) is 3.99. The fraction of sp³-hybridized carbons (Fsp3) is 0.357. The van der Waals surface area contributed by atoms with Crippen LogP contribution in [0.25, 0.3) is 0 Å². The third-order valence-electron chi connectivity index (χ3n) is 3.47. The van der Waals surface area contributed by atoms with Gasteiger partial charge in [0.25, 0.3) is 0 Å². The summed E-state index contributed by atoms with van der Waals surface area (Å²) < 4.78 is 18.8. The summed E-state index contributed by atoms with van der Waals surface area (Å²) in [5, 5.41) is 0. The van der Waals surface area contributed by atoms with Gasteiger partial charge in [-0.05, 0) is 24.1 Å². The minimum absolute atomic E-state index is 0.0564. The Kier molecular flexibility index (Phi) is 2.46. The van der Waals surface area contributed by atoms with Crippen LogP contribution in [0.4, 0.5) is 4.39 Å². The summed E-state index contributed by atoms with van der Waals surface area (Å²) in [6.07, 6.45) is 1.98. The van der Waals surface area contributed by atoms with Crippen molar-refractivity contribution in [2.75, 3.05) is 6.61 Å². The number of rotatable bonds is 1. The lowest BCUT2D eigenvalue weighted by molar-refractivity contribution is -0.116. The SMILES string of the molecule is O=C1CCC(c2cccc(F)c2)C2=C1CCO2. The maximum absolute atomic E-state index is 13.2. The van der Waals surface area contributed by atoms with Crippen LogP contribution in [0.2, 0.25) is 0 Å². The zero-order valence-corrected chi connectivity index (χ0v) is 9.41. The van der Waals surface area contributed by atoms with E-state index >= 15 is 0 Å². The molecule has 3 heteroatoms. The van der Waals surface area contributed by atoms with Gasteiger partial charge in [-0.15, -0.1) is 0 Å². The van der Waals surface area contributed by atoms with Crippen LogP contribution >= 0.6 is 0 Å². The molecule has 1 aliphatic carbocycles. The molecule has 0 aromatic heterocycles. The predicted octanol–water partition coefficient (Wildman–Crippen LogP) is 2.95. The van der Waals surface area contributed by atoms with Gasteiger partial charge in [-0.3, -0.25) is 4.79 Å². The number of Topliss-reactive ketones (excluding diaryl/α,β-unsaturated/α-hetero) is 1. The molecule has 1 aliphatic heterocycles. The zero-order valence-electron chi connectivity index (χ0n) is 9.41. The number of hydrogen-bond acceptors (Lipinski definition) is 2. The largest absolute Gasteiger partial charge is 0.497 e. The molecule has 0 fully saturated rings. The van der Waals surface area contributed by atoms with Gasteiger partial charge in [0.1, 0.15) is 11.6 Å². The Labute approximate surface area is 99.1 Å². The number of benzene rings is 1. The fourth-order valence-corrected chi connectivity index (χ4v) is 2.66. The van der Waals surface area contributed by atoms with Crippen molar-refractivity contribution in [2.45, 2.75) is 25.2 Å². The summed E-state index contributed by atoms with van der Waals surface area (Å²) in [5.41, 5.74) is 1.73. The lowest BCUT2D eigenvalue weighted by Crippen LogP contribution is -2.16. The van der Waals surface area contributed by atoms with E-state index in [1.807, 2.05) is 6.07 Å². The lowest BCUT2D eigenvalue weighted by Gasteiger charge is -2.23. The molecule has 1 aromatic carbocycles. The highest BCUT2D eigenvalue weighted by Crippen LogP contribution is 2.40. The first-order chi connectivity index (χ1) is 8.25. The van der Waals surface area contributed by atoms with Gasteiger partial charge in [-0.25, -0.2) is 4.39 Å².